The summed E-state index contributed by atoms with van der Waals surface area (Å²) < 4.78 is 39.3. The lowest BCUT2D eigenvalue weighted by atomic mass is 10.1. The van der Waals surface area contributed by atoms with E-state index >= 15 is 0 Å². The van der Waals surface area contributed by atoms with Crippen molar-refractivity contribution >= 4 is 21.8 Å². The minimum atomic E-state index is -4.59. The fourth-order valence-corrected chi connectivity index (χ4v) is 2.75. The molecule has 0 saturated carbocycles. The van der Waals surface area contributed by atoms with E-state index in [1.807, 2.05) is 0 Å². The van der Waals surface area contributed by atoms with Crippen LogP contribution in [-0.4, -0.2) is 35.1 Å². The van der Waals surface area contributed by atoms with Crippen LogP contribution < -0.4 is 0 Å². The van der Waals surface area contributed by atoms with Gasteiger partial charge in [0.2, 0.25) is 0 Å². The van der Waals surface area contributed by atoms with Crippen LogP contribution in [0.5, 0.6) is 0 Å². The van der Waals surface area contributed by atoms with Gasteiger partial charge in [0.05, 0.1) is 23.8 Å². The van der Waals surface area contributed by atoms with Gasteiger partial charge in [-0.25, -0.2) is 0 Å². The van der Waals surface area contributed by atoms with E-state index in [1.165, 1.54) is 17.0 Å². The summed E-state index contributed by atoms with van der Waals surface area (Å²) in [5.41, 5.74) is -1.33. The number of alkyl halides is 3. The number of benzene rings is 1. The second-order valence-corrected chi connectivity index (χ2v) is 5.58. The standard InChI is InChI=1S/C13H13BrF3NO2/c14-8-3-4-10(11(6-8)13(15,16)17)12(20)18-5-1-2-9(18)7-19/h3-4,6,9,19H,1-2,5,7H2/t9-/m0/s1. The summed E-state index contributed by atoms with van der Waals surface area (Å²) in [5.74, 6) is -0.679. The molecule has 1 atom stereocenters. The molecule has 1 aromatic carbocycles. The number of hydrogen-bond acceptors (Lipinski definition) is 2. The number of amides is 1. The van der Waals surface area contributed by atoms with Crippen LogP contribution in [0.25, 0.3) is 0 Å². The molecule has 20 heavy (non-hydrogen) atoms. The largest absolute Gasteiger partial charge is 0.417 e. The van der Waals surface area contributed by atoms with Gasteiger partial charge in [0, 0.05) is 11.0 Å². The Morgan fingerprint density at radius 2 is 2.15 bits per heavy atom. The third kappa shape index (κ3) is 2.98. The molecule has 3 nitrogen and oxygen atoms in total. The van der Waals surface area contributed by atoms with Crippen molar-refractivity contribution in [2.45, 2.75) is 25.1 Å². The number of carbonyl (C=O) groups excluding carboxylic acids is 1. The zero-order valence-corrected chi connectivity index (χ0v) is 12.0. The Morgan fingerprint density at radius 1 is 1.45 bits per heavy atom. The maximum Gasteiger partial charge on any atom is 0.417 e. The highest BCUT2D eigenvalue weighted by molar-refractivity contribution is 9.10. The molecule has 1 heterocycles. The van der Waals surface area contributed by atoms with Gasteiger partial charge in [-0.1, -0.05) is 15.9 Å². The van der Waals surface area contributed by atoms with E-state index < -0.39 is 23.7 Å². The third-order valence-electron chi connectivity index (χ3n) is 3.37. The predicted molar refractivity (Wildman–Crippen MR) is 70.3 cm³/mol. The molecule has 0 unspecified atom stereocenters. The number of hydrogen-bond donors (Lipinski definition) is 1. The predicted octanol–water partition coefficient (Wildman–Crippen LogP) is 3.06. The second kappa shape index (κ2) is 5.73. The molecule has 0 bridgehead atoms. The summed E-state index contributed by atoms with van der Waals surface area (Å²) >= 11 is 2.98. The lowest BCUT2D eigenvalue weighted by Gasteiger charge is -2.24. The first-order chi connectivity index (χ1) is 9.34. The Balaban J connectivity index is 2.39. The molecule has 0 spiro atoms. The number of aliphatic hydroxyl groups is 1. The van der Waals surface area contributed by atoms with Crippen molar-refractivity contribution in [3.05, 3.63) is 33.8 Å². The molecule has 1 aliphatic rings. The number of likely N-dealkylation sites (tertiary alicyclic amines) is 1. The fourth-order valence-electron chi connectivity index (χ4n) is 2.39. The van der Waals surface area contributed by atoms with Gasteiger partial charge >= 0.3 is 6.18 Å². The topological polar surface area (TPSA) is 40.5 Å². The van der Waals surface area contributed by atoms with Crippen LogP contribution in [0.3, 0.4) is 0 Å². The molecule has 1 saturated heterocycles. The van der Waals surface area contributed by atoms with E-state index in [1.54, 1.807) is 0 Å². The van der Waals surface area contributed by atoms with E-state index in [2.05, 4.69) is 15.9 Å². The van der Waals surface area contributed by atoms with Gasteiger partial charge < -0.3 is 10.0 Å². The van der Waals surface area contributed by atoms with Crippen LogP contribution in [0.15, 0.2) is 22.7 Å². The lowest BCUT2D eigenvalue weighted by Crippen LogP contribution is -2.38. The van der Waals surface area contributed by atoms with Gasteiger partial charge in [-0.3, -0.25) is 4.79 Å². The molecule has 0 aliphatic carbocycles. The molecule has 1 aromatic rings. The molecule has 0 radical (unpaired) electrons. The minimum Gasteiger partial charge on any atom is -0.394 e. The van der Waals surface area contributed by atoms with Crippen molar-refractivity contribution in [3.8, 4) is 0 Å². The SMILES string of the molecule is O=C(c1ccc(Br)cc1C(F)(F)F)N1CCC[C@H]1CO. The van der Waals surface area contributed by atoms with Crippen LogP contribution in [0.2, 0.25) is 0 Å². The molecule has 1 amide bonds. The second-order valence-electron chi connectivity index (χ2n) is 4.66. The molecule has 0 aromatic heterocycles. The van der Waals surface area contributed by atoms with Crippen molar-refractivity contribution < 1.29 is 23.1 Å². The average molecular weight is 352 g/mol. The smallest absolute Gasteiger partial charge is 0.394 e. The van der Waals surface area contributed by atoms with Crippen molar-refractivity contribution in [2.24, 2.45) is 0 Å². The highest BCUT2D eigenvalue weighted by Crippen LogP contribution is 2.35. The number of rotatable bonds is 2. The van der Waals surface area contributed by atoms with Gasteiger partial charge in [0.1, 0.15) is 0 Å². The van der Waals surface area contributed by atoms with Crippen LogP contribution in [-0.2, 0) is 6.18 Å². The molecular weight excluding hydrogens is 339 g/mol. The Hall–Kier alpha value is -1.08. The first-order valence-corrected chi connectivity index (χ1v) is 6.92. The summed E-state index contributed by atoms with van der Waals surface area (Å²) in [7, 11) is 0. The van der Waals surface area contributed by atoms with Crippen molar-refractivity contribution in [3.63, 3.8) is 0 Å². The van der Waals surface area contributed by atoms with E-state index in [-0.39, 0.29) is 16.6 Å². The number of halogens is 4. The Bertz CT molecular complexity index is 519. The van der Waals surface area contributed by atoms with E-state index in [0.29, 0.717) is 19.4 Å². The maximum atomic E-state index is 13.0. The molecule has 1 aliphatic heterocycles. The monoisotopic (exact) mass is 351 g/mol. The summed E-state index contributed by atoms with van der Waals surface area (Å²) in [6, 6.07) is 3.08. The van der Waals surface area contributed by atoms with Crippen molar-refractivity contribution in [1.82, 2.24) is 4.90 Å². The van der Waals surface area contributed by atoms with Crippen LogP contribution in [0, 0.1) is 0 Å². The van der Waals surface area contributed by atoms with Crippen molar-refractivity contribution in [2.75, 3.05) is 13.2 Å². The molecule has 110 valence electrons. The van der Waals surface area contributed by atoms with E-state index in [0.717, 1.165) is 6.07 Å². The third-order valence-corrected chi connectivity index (χ3v) is 3.86. The first-order valence-electron chi connectivity index (χ1n) is 6.13. The summed E-state index contributed by atoms with van der Waals surface area (Å²) in [6.45, 7) is 0.140. The van der Waals surface area contributed by atoms with Crippen molar-refractivity contribution in [1.29, 1.82) is 0 Å². The highest BCUT2D eigenvalue weighted by Gasteiger charge is 2.38. The molecular formula is C13H13BrF3NO2. The molecule has 2 rings (SSSR count). The molecule has 7 heteroatoms. The van der Waals surface area contributed by atoms with Gasteiger partial charge in [-0.2, -0.15) is 13.2 Å². The molecule has 1 N–H and O–H groups in total. The van der Waals surface area contributed by atoms with Gasteiger partial charge in [0.15, 0.2) is 0 Å². The quantitative estimate of drug-likeness (QED) is 0.889. The Labute approximate surface area is 122 Å². The highest BCUT2D eigenvalue weighted by atomic mass is 79.9. The first kappa shape index (κ1) is 15.3. The number of carbonyl (C=O) groups is 1. The van der Waals surface area contributed by atoms with Gasteiger partial charge in [-0.15, -0.1) is 0 Å². The fraction of sp³-hybridized carbons (Fsp3) is 0.462. The lowest BCUT2D eigenvalue weighted by molar-refractivity contribution is -0.138. The van der Waals surface area contributed by atoms with Crippen LogP contribution >= 0.6 is 15.9 Å². The minimum absolute atomic E-state index is 0.233. The number of nitrogens with zero attached hydrogens (tertiary/aromatic N) is 1. The normalized spacial score (nSPS) is 19.4. The van der Waals surface area contributed by atoms with Crippen LogP contribution in [0.1, 0.15) is 28.8 Å². The molecule has 1 fully saturated rings. The van der Waals surface area contributed by atoms with Gasteiger partial charge in [-0.05, 0) is 31.0 Å². The summed E-state index contributed by atoms with van der Waals surface area (Å²) in [4.78, 5) is 13.6. The Morgan fingerprint density at radius 3 is 2.75 bits per heavy atom. The summed E-state index contributed by atoms with van der Waals surface area (Å²) in [6.07, 6.45) is -3.29. The zero-order chi connectivity index (χ0) is 14.9. The van der Waals surface area contributed by atoms with E-state index in [4.69, 9.17) is 0 Å². The van der Waals surface area contributed by atoms with Gasteiger partial charge in [0.25, 0.3) is 5.91 Å². The summed E-state index contributed by atoms with van der Waals surface area (Å²) in [5, 5.41) is 9.18. The number of aliphatic hydroxyl groups excluding tert-OH is 1. The maximum absolute atomic E-state index is 13.0. The Kier molecular flexibility index (Phi) is 4.39. The van der Waals surface area contributed by atoms with E-state index in [9.17, 15) is 23.1 Å². The van der Waals surface area contributed by atoms with Crippen LogP contribution in [0.4, 0.5) is 13.2 Å². The average Bonchev–Trinajstić information content (AvgIpc) is 2.85. The zero-order valence-electron chi connectivity index (χ0n) is 10.5.